The van der Waals surface area contributed by atoms with Gasteiger partial charge in [-0.3, -0.25) is 14.5 Å². The summed E-state index contributed by atoms with van der Waals surface area (Å²) in [5, 5.41) is 7.06. The molecule has 3 aromatic rings. The van der Waals surface area contributed by atoms with E-state index in [0.29, 0.717) is 55.8 Å². The smallest absolute Gasteiger partial charge is 0.255 e. The van der Waals surface area contributed by atoms with E-state index in [1.807, 2.05) is 49.9 Å². The molecule has 1 saturated heterocycles. The molecule has 0 radical (unpaired) electrons. The Morgan fingerprint density at radius 1 is 1.06 bits per heavy atom. The van der Waals surface area contributed by atoms with Gasteiger partial charge in [0.05, 0.1) is 19.2 Å². The van der Waals surface area contributed by atoms with Gasteiger partial charge in [0.25, 0.3) is 5.91 Å². The normalized spacial score (nSPS) is 15.1. The van der Waals surface area contributed by atoms with Crippen LogP contribution < -0.4 is 10.1 Å². The number of aryl methyl sites for hydroxylation is 1. The molecule has 1 fully saturated rings. The Balaban J connectivity index is 1.34. The third-order valence-electron chi connectivity index (χ3n) is 6.47. The summed E-state index contributed by atoms with van der Waals surface area (Å²) in [6.45, 7) is 8.89. The molecule has 190 valence electrons. The highest BCUT2D eigenvalue weighted by atomic mass is 16.5. The molecule has 0 bridgehead atoms. The van der Waals surface area contributed by atoms with E-state index in [1.54, 1.807) is 24.3 Å². The van der Waals surface area contributed by atoms with Crippen molar-refractivity contribution in [1.29, 1.82) is 0 Å². The monoisotopic (exact) mass is 491 g/mol. The van der Waals surface area contributed by atoms with Crippen molar-refractivity contribution in [3.05, 3.63) is 65.5 Å². The maximum Gasteiger partial charge on any atom is 0.255 e. The Hall–Kier alpha value is -3.72. The van der Waals surface area contributed by atoms with Gasteiger partial charge in [0.2, 0.25) is 17.6 Å². The van der Waals surface area contributed by atoms with E-state index >= 15 is 0 Å². The van der Waals surface area contributed by atoms with Crippen molar-refractivity contribution in [2.75, 3.05) is 33.3 Å². The number of ether oxygens (including phenoxy) is 1. The summed E-state index contributed by atoms with van der Waals surface area (Å²) in [6, 6.07) is 14.3. The van der Waals surface area contributed by atoms with E-state index in [0.717, 1.165) is 11.1 Å². The number of amides is 2. The molecule has 2 amide bonds. The van der Waals surface area contributed by atoms with Gasteiger partial charge in [0, 0.05) is 31.7 Å². The average molecular weight is 492 g/mol. The fraction of sp³-hybridized carbons (Fsp3) is 0.407. The lowest BCUT2D eigenvalue weighted by molar-refractivity contribution is -0.136. The molecule has 1 aliphatic rings. The number of nitrogens with one attached hydrogen (secondary N) is 1. The second kappa shape index (κ2) is 11.3. The summed E-state index contributed by atoms with van der Waals surface area (Å²) >= 11 is 0. The molecule has 0 spiro atoms. The molecular formula is C27H33N5O4. The van der Waals surface area contributed by atoms with Gasteiger partial charge in [0.15, 0.2) is 0 Å². The summed E-state index contributed by atoms with van der Waals surface area (Å²) in [6.07, 6.45) is 0. The molecule has 36 heavy (non-hydrogen) atoms. The van der Waals surface area contributed by atoms with Crippen molar-refractivity contribution in [2.45, 2.75) is 33.4 Å². The van der Waals surface area contributed by atoms with E-state index in [-0.39, 0.29) is 17.7 Å². The predicted molar refractivity (Wildman–Crippen MR) is 135 cm³/mol. The highest BCUT2D eigenvalue weighted by molar-refractivity contribution is 5.99. The van der Waals surface area contributed by atoms with Crippen molar-refractivity contribution >= 4 is 11.8 Å². The van der Waals surface area contributed by atoms with Crippen molar-refractivity contribution in [3.63, 3.8) is 0 Å². The maximum atomic E-state index is 13.3. The van der Waals surface area contributed by atoms with Gasteiger partial charge in [-0.1, -0.05) is 55.4 Å². The second-order valence-electron chi connectivity index (χ2n) is 9.32. The van der Waals surface area contributed by atoms with Crippen LogP contribution in [0.25, 0.3) is 11.4 Å². The quantitative estimate of drug-likeness (QED) is 0.517. The van der Waals surface area contributed by atoms with Crippen LogP contribution >= 0.6 is 0 Å². The number of methoxy groups -OCH3 is 1. The van der Waals surface area contributed by atoms with E-state index in [4.69, 9.17) is 9.26 Å². The molecule has 4 rings (SSSR count). The molecule has 2 heterocycles. The summed E-state index contributed by atoms with van der Waals surface area (Å²) in [5.74, 6) is 1.16. The predicted octanol–water partition coefficient (Wildman–Crippen LogP) is 3.15. The Bertz CT molecular complexity index is 1200. The zero-order valence-electron chi connectivity index (χ0n) is 21.2. The number of nitrogens with zero attached hydrogens (tertiary/aromatic N) is 4. The summed E-state index contributed by atoms with van der Waals surface area (Å²) in [4.78, 5) is 34.8. The SMILES string of the molecule is COc1ccccc1C(=O)NC(C(=O)N1CCN(Cc2nc(-c3ccccc3C)no2)CC1)C(C)C. The van der Waals surface area contributed by atoms with E-state index in [2.05, 4.69) is 20.4 Å². The van der Waals surface area contributed by atoms with Gasteiger partial charge in [-0.2, -0.15) is 4.98 Å². The highest BCUT2D eigenvalue weighted by Crippen LogP contribution is 2.21. The fourth-order valence-corrected chi connectivity index (χ4v) is 4.33. The standard InChI is InChI=1S/C27H33N5O4/c1-18(2)24(29-26(33)21-11-7-8-12-22(21)35-4)27(34)32-15-13-31(14-16-32)17-23-28-25(30-36-23)20-10-6-5-9-19(20)3/h5-12,18,24H,13-17H2,1-4H3,(H,29,33). The van der Waals surface area contributed by atoms with Crippen LogP contribution in [0.3, 0.4) is 0 Å². The van der Waals surface area contributed by atoms with Crippen LogP contribution in [0.2, 0.25) is 0 Å². The van der Waals surface area contributed by atoms with Crippen molar-refractivity contribution in [2.24, 2.45) is 5.92 Å². The number of aromatic nitrogens is 2. The molecule has 9 heteroatoms. The van der Waals surface area contributed by atoms with Crippen LogP contribution in [0.4, 0.5) is 0 Å². The average Bonchev–Trinajstić information content (AvgIpc) is 3.35. The first-order valence-electron chi connectivity index (χ1n) is 12.2. The fourth-order valence-electron chi connectivity index (χ4n) is 4.33. The van der Waals surface area contributed by atoms with Gasteiger partial charge in [-0.05, 0) is 30.5 Å². The number of hydrogen-bond acceptors (Lipinski definition) is 7. The number of benzene rings is 2. The lowest BCUT2D eigenvalue weighted by Gasteiger charge is -2.36. The van der Waals surface area contributed by atoms with Crippen molar-refractivity contribution in [3.8, 4) is 17.1 Å². The molecular weight excluding hydrogens is 458 g/mol. The molecule has 1 aliphatic heterocycles. The molecule has 2 aromatic carbocycles. The molecule has 9 nitrogen and oxygen atoms in total. The minimum atomic E-state index is -0.624. The largest absolute Gasteiger partial charge is 0.496 e. The number of carbonyl (C=O) groups is 2. The third-order valence-corrected chi connectivity index (χ3v) is 6.47. The topological polar surface area (TPSA) is 101 Å². The van der Waals surface area contributed by atoms with Crippen LogP contribution in [0.5, 0.6) is 5.75 Å². The summed E-state index contributed by atoms with van der Waals surface area (Å²) < 4.78 is 10.8. The van der Waals surface area contributed by atoms with Crippen LogP contribution in [0, 0.1) is 12.8 Å². The van der Waals surface area contributed by atoms with Crippen molar-refractivity contribution in [1.82, 2.24) is 25.3 Å². The number of rotatable bonds is 8. The zero-order chi connectivity index (χ0) is 25.7. The van der Waals surface area contributed by atoms with Gasteiger partial charge in [-0.25, -0.2) is 0 Å². The molecule has 1 unspecified atom stereocenters. The van der Waals surface area contributed by atoms with Crippen LogP contribution in [-0.4, -0.2) is 71.1 Å². The molecule has 1 N–H and O–H groups in total. The van der Waals surface area contributed by atoms with Crippen LogP contribution in [0.1, 0.15) is 35.7 Å². The van der Waals surface area contributed by atoms with Crippen LogP contribution in [-0.2, 0) is 11.3 Å². The molecule has 0 saturated carbocycles. The Kier molecular flexibility index (Phi) is 8.00. The Labute approximate surface area is 211 Å². The first-order valence-corrected chi connectivity index (χ1v) is 12.2. The molecule has 0 aliphatic carbocycles. The van der Waals surface area contributed by atoms with E-state index in [9.17, 15) is 9.59 Å². The summed E-state index contributed by atoms with van der Waals surface area (Å²) in [7, 11) is 1.52. The summed E-state index contributed by atoms with van der Waals surface area (Å²) in [5.41, 5.74) is 2.46. The lowest BCUT2D eigenvalue weighted by Crippen LogP contribution is -2.56. The second-order valence-corrected chi connectivity index (χ2v) is 9.32. The lowest BCUT2D eigenvalue weighted by atomic mass is 10.0. The van der Waals surface area contributed by atoms with Crippen molar-refractivity contribution < 1.29 is 18.8 Å². The minimum Gasteiger partial charge on any atom is -0.496 e. The maximum absolute atomic E-state index is 13.3. The van der Waals surface area contributed by atoms with E-state index < -0.39 is 6.04 Å². The zero-order valence-corrected chi connectivity index (χ0v) is 21.2. The van der Waals surface area contributed by atoms with Gasteiger partial charge < -0.3 is 19.5 Å². The van der Waals surface area contributed by atoms with Gasteiger partial charge in [0.1, 0.15) is 11.8 Å². The van der Waals surface area contributed by atoms with Crippen LogP contribution in [0.15, 0.2) is 53.1 Å². The number of hydrogen-bond donors (Lipinski definition) is 1. The Morgan fingerprint density at radius 3 is 2.44 bits per heavy atom. The number of piperazine rings is 1. The molecule has 1 atom stereocenters. The van der Waals surface area contributed by atoms with E-state index in [1.165, 1.54) is 7.11 Å². The van der Waals surface area contributed by atoms with Gasteiger partial charge in [-0.15, -0.1) is 0 Å². The van der Waals surface area contributed by atoms with Gasteiger partial charge >= 0.3 is 0 Å². The Morgan fingerprint density at radius 2 is 1.75 bits per heavy atom. The number of para-hydroxylation sites is 1. The highest BCUT2D eigenvalue weighted by Gasteiger charge is 2.31. The third kappa shape index (κ3) is 5.73. The minimum absolute atomic E-state index is 0.0626. The first kappa shape index (κ1) is 25.4. The number of carbonyl (C=O) groups excluding carboxylic acids is 2. The first-order chi connectivity index (χ1) is 17.4. The molecule has 1 aromatic heterocycles.